The third-order valence-electron chi connectivity index (χ3n) is 4.40. The molecule has 0 bridgehead atoms. The lowest BCUT2D eigenvalue weighted by molar-refractivity contribution is -0.171. The van der Waals surface area contributed by atoms with E-state index in [0.717, 1.165) is 29.9 Å². The summed E-state index contributed by atoms with van der Waals surface area (Å²) < 4.78 is 68.5. The molecular weight excluding hydrogens is 405 g/mol. The van der Waals surface area contributed by atoms with Gasteiger partial charge in [-0.25, -0.2) is 8.42 Å². The number of rotatable bonds is 4. The van der Waals surface area contributed by atoms with Gasteiger partial charge in [-0.2, -0.15) is 17.5 Å². The quantitative estimate of drug-likeness (QED) is 0.756. The van der Waals surface area contributed by atoms with Gasteiger partial charge >= 0.3 is 6.18 Å². The van der Waals surface area contributed by atoms with E-state index in [1.165, 1.54) is 33.0 Å². The van der Waals surface area contributed by atoms with Gasteiger partial charge in [0.1, 0.15) is 10.9 Å². The van der Waals surface area contributed by atoms with Gasteiger partial charge in [0.2, 0.25) is 10.0 Å². The number of pyridine rings is 1. The smallest absolute Gasteiger partial charge is 0.317 e. The number of alkyl halides is 3. The number of nitrogens with zero attached hydrogens (tertiary/aromatic N) is 2. The Hall–Kier alpha value is -1.84. The summed E-state index contributed by atoms with van der Waals surface area (Å²) in [5, 5.41) is 0.231. The van der Waals surface area contributed by atoms with E-state index in [4.69, 9.17) is 11.6 Å². The Bertz CT molecular complexity index is 1020. The van der Waals surface area contributed by atoms with E-state index in [1.54, 1.807) is 0 Å². The SMILES string of the molecule is Cc1c(S(=O)(=O)N(C)C(c2ccc(Cl)cc2)C(F)(F)F)cn(C)c(=O)c1C. The largest absolute Gasteiger partial charge is 0.409 e. The highest BCUT2D eigenvalue weighted by Crippen LogP contribution is 2.40. The zero-order chi connectivity index (χ0) is 20.7. The molecule has 0 fully saturated rings. The van der Waals surface area contributed by atoms with Crippen molar-refractivity contribution in [1.82, 2.24) is 8.87 Å². The van der Waals surface area contributed by atoms with Crippen LogP contribution in [0.5, 0.6) is 0 Å². The number of hydrogen-bond donors (Lipinski definition) is 0. The molecule has 0 aliphatic carbocycles. The average molecular weight is 423 g/mol. The Balaban J connectivity index is 2.66. The van der Waals surface area contributed by atoms with E-state index in [9.17, 15) is 26.4 Å². The minimum atomic E-state index is -4.86. The molecule has 2 rings (SSSR count). The molecule has 0 aliphatic heterocycles. The van der Waals surface area contributed by atoms with E-state index in [0.29, 0.717) is 0 Å². The van der Waals surface area contributed by atoms with Gasteiger partial charge in [-0.15, -0.1) is 0 Å². The number of halogens is 4. The maximum Gasteiger partial charge on any atom is 0.409 e. The third kappa shape index (κ3) is 4.04. The second-order valence-electron chi connectivity index (χ2n) is 6.18. The van der Waals surface area contributed by atoms with Crippen LogP contribution in [0.1, 0.15) is 22.7 Å². The maximum atomic E-state index is 13.7. The molecule has 1 aromatic carbocycles. The lowest BCUT2D eigenvalue weighted by atomic mass is 10.1. The predicted octanol–water partition coefficient (Wildman–Crippen LogP) is 3.58. The van der Waals surface area contributed by atoms with Gasteiger partial charge in [-0.1, -0.05) is 23.7 Å². The first-order valence-corrected chi connectivity index (χ1v) is 9.57. The third-order valence-corrected chi connectivity index (χ3v) is 6.59. The number of hydrogen-bond acceptors (Lipinski definition) is 3. The number of benzene rings is 1. The molecular formula is C17H18ClF3N2O3S. The van der Waals surface area contributed by atoms with Crippen LogP contribution < -0.4 is 5.56 Å². The Labute approximate surface area is 160 Å². The van der Waals surface area contributed by atoms with E-state index in [2.05, 4.69) is 0 Å². The Morgan fingerprint density at radius 3 is 2.11 bits per heavy atom. The van der Waals surface area contributed by atoms with Crippen LogP contribution in [0.2, 0.25) is 5.02 Å². The van der Waals surface area contributed by atoms with Gasteiger partial charge in [0.25, 0.3) is 5.56 Å². The molecule has 148 valence electrons. The van der Waals surface area contributed by atoms with Gasteiger partial charge in [0.15, 0.2) is 0 Å². The Morgan fingerprint density at radius 1 is 1.11 bits per heavy atom. The van der Waals surface area contributed by atoms with Crippen molar-refractivity contribution in [3.63, 3.8) is 0 Å². The van der Waals surface area contributed by atoms with Crippen LogP contribution in [0.25, 0.3) is 0 Å². The molecule has 0 spiro atoms. The van der Waals surface area contributed by atoms with Crippen molar-refractivity contribution in [2.45, 2.75) is 31.0 Å². The average Bonchev–Trinajstić information content (AvgIpc) is 2.56. The van der Waals surface area contributed by atoms with Crippen LogP contribution in [-0.4, -0.2) is 30.5 Å². The first-order chi connectivity index (χ1) is 12.3. The summed E-state index contributed by atoms with van der Waals surface area (Å²) in [6, 6.07) is 2.38. The summed E-state index contributed by atoms with van der Waals surface area (Å²) >= 11 is 5.72. The van der Waals surface area contributed by atoms with Gasteiger partial charge in [0.05, 0.1) is 0 Å². The van der Waals surface area contributed by atoms with Crippen molar-refractivity contribution in [2.24, 2.45) is 7.05 Å². The minimum Gasteiger partial charge on any atom is -0.317 e. The molecule has 0 saturated heterocycles. The molecule has 2 aromatic rings. The molecule has 5 nitrogen and oxygen atoms in total. The number of aromatic nitrogens is 1. The zero-order valence-corrected chi connectivity index (χ0v) is 16.6. The van der Waals surface area contributed by atoms with Crippen LogP contribution in [0.3, 0.4) is 0 Å². The highest BCUT2D eigenvalue weighted by molar-refractivity contribution is 7.89. The van der Waals surface area contributed by atoms with Crippen LogP contribution in [-0.2, 0) is 17.1 Å². The minimum absolute atomic E-state index is 0.113. The normalized spacial score (nSPS) is 13.8. The molecule has 27 heavy (non-hydrogen) atoms. The fourth-order valence-electron chi connectivity index (χ4n) is 2.75. The van der Waals surface area contributed by atoms with Crippen LogP contribution >= 0.6 is 11.6 Å². The van der Waals surface area contributed by atoms with Crippen molar-refractivity contribution in [3.8, 4) is 0 Å². The van der Waals surface area contributed by atoms with Gasteiger partial charge in [0, 0.05) is 30.9 Å². The van der Waals surface area contributed by atoms with Gasteiger partial charge in [-0.3, -0.25) is 4.79 Å². The number of aryl methyl sites for hydroxylation is 1. The summed E-state index contributed by atoms with van der Waals surface area (Å²) in [6.07, 6.45) is -3.83. The second kappa shape index (κ2) is 7.29. The summed E-state index contributed by atoms with van der Waals surface area (Å²) in [5.74, 6) is 0. The first-order valence-electron chi connectivity index (χ1n) is 7.75. The molecule has 0 saturated carbocycles. The summed E-state index contributed by atoms with van der Waals surface area (Å²) in [5.41, 5.74) is -0.416. The van der Waals surface area contributed by atoms with E-state index < -0.39 is 27.8 Å². The highest BCUT2D eigenvalue weighted by Gasteiger charge is 2.48. The van der Waals surface area contributed by atoms with Gasteiger partial charge in [-0.05, 0) is 37.1 Å². The molecule has 1 aromatic heterocycles. The van der Waals surface area contributed by atoms with Crippen molar-refractivity contribution in [3.05, 3.63) is 62.5 Å². The fourth-order valence-corrected chi connectivity index (χ4v) is 4.53. The summed E-state index contributed by atoms with van der Waals surface area (Å²) in [7, 11) is -2.35. The lowest BCUT2D eigenvalue weighted by Gasteiger charge is -2.30. The maximum absolute atomic E-state index is 13.7. The first kappa shape index (κ1) is 21.5. The van der Waals surface area contributed by atoms with Crippen molar-refractivity contribution in [1.29, 1.82) is 0 Å². The van der Waals surface area contributed by atoms with E-state index in [1.807, 2.05) is 0 Å². The van der Waals surface area contributed by atoms with Crippen LogP contribution in [0, 0.1) is 13.8 Å². The van der Waals surface area contributed by atoms with Gasteiger partial charge < -0.3 is 4.57 Å². The zero-order valence-electron chi connectivity index (χ0n) is 15.0. The molecule has 0 N–H and O–H groups in total. The second-order valence-corrected chi connectivity index (χ2v) is 8.58. The van der Waals surface area contributed by atoms with Crippen molar-refractivity contribution < 1.29 is 21.6 Å². The Kier molecular flexibility index (Phi) is 5.79. The van der Waals surface area contributed by atoms with E-state index >= 15 is 0 Å². The highest BCUT2D eigenvalue weighted by atomic mass is 35.5. The van der Waals surface area contributed by atoms with Crippen molar-refractivity contribution >= 4 is 21.6 Å². The fraction of sp³-hybridized carbons (Fsp3) is 0.353. The Morgan fingerprint density at radius 2 is 1.63 bits per heavy atom. The van der Waals surface area contributed by atoms with Crippen molar-refractivity contribution in [2.75, 3.05) is 7.05 Å². The summed E-state index contributed by atoms with van der Waals surface area (Å²) in [4.78, 5) is 11.6. The molecule has 0 radical (unpaired) electrons. The molecule has 1 unspecified atom stereocenters. The van der Waals surface area contributed by atoms with Crippen LogP contribution in [0.15, 0.2) is 40.2 Å². The monoisotopic (exact) mass is 422 g/mol. The molecule has 0 amide bonds. The standard InChI is InChI=1S/C17H18ClF3N2O3S/c1-10-11(2)16(24)22(3)9-14(10)27(25,26)23(4)15(17(19,20)21)12-5-7-13(18)8-6-12/h5-9,15H,1-4H3. The van der Waals surface area contributed by atoms with Crippen LogP contribution in [0.4, 0.5) is 13.2 Å². The molecule has 10 heteroatoms. The topological polar surface area (TPSA) is 59.4 Å². The molecule has 1 atom stereocenters. The number of sulfonamides is 1. The van der Waals surface area contributed by atoms with E-state index in [-0.39, 0.29) is 30.9 Å². The summed E-state index contributed by atoms with van der Waals surface area (Å²) in [6.45, 7) is 2.82. The predicted molar refractivity (Wildman–Crippen MR) is 96.4 cm³/mol. The molecule has 1 heterocycles. The molecule has 0 aliphatic rings. The lowest BCUT2D eigenvalue weighted by Crippen LogP contribution is -2.40.